The number of fused-ring (bicyclic) bond motifs is 1. The van der Waals surface area contributed by atoms with Gasteiger partial charge in [0, 0.05) is 31.7 Å². The zero-order chi connectivity index (χ0) is 15.8. The van der Waals surface area contributed by atoms with E-state index < -0.39 is 0 Å². The summed E-state index contributed by atoms with van der Waals surface area (Å²) in [6.07, 6.45) is 5.91. The fraction of sp³-hybridized carbons (Fsp3) is 0.167. The first-order valence-electron chi connectivity index (χ1n) is 7.57. The second-order valence-electron chi connectivity index (χ2n) is 5.69. The average Bonchev–Trinajstić information content (AvgIpc) is 3.12. The Kier molecular flexibility index (Phi) is 3.19. The number of hydrogen-bond acceptors (Lipinski definition) is 3. The molecule has 2 aliphatic rings. The first-order chi connectivity index (χ1) is 11.2. The van der Waals surface area contributed by atoms with E-state index >= 15 is 0 Å². The fourth-order valence-electron chi connectivity index (χ4n) is 2.68. The second-order valence-corrected chi connectivity index (χ2v) is 5.69. The zero-order valence-corrected chi connectivity index (χ0v) is 13.1. The van der Waals surface area contributed by atoms with E-state index in [1.165, 1.54) is 5.56 Å². The Morgan fingerprint density at radius 3 is 2.52 bits per heavy atom. The fourth-order valence-corrected chi connectivity index (χ4v) is 2.68. The van der Waals surface area contributed by atoms with E-state index in [1.54, 1.807) is 0 Å². The van der Waals surface area contributed by atoms with Gasteiger partial charge in [-0.3, -0.25) is 4.68 Å². The Balaban J connectivity index is 1.70. The molecule has 0 unspecified atom stereocenters. The number of aromatic nitrogens is 5. The van der Waals surface area contributed by atoms with E-state index in [2.05, 4.69) is 43.9 Å². The van der Waals surface area contributed by atoms with Crippen molar-refractivity contribution in [1.82, 2.24) is 24.3 Å². The lowest BCUT2D eigenvalue weighted by molar-refractivity contribution is 0.740. The predicted octanol–water partition coefficient (Wildman–Crippen LogP) is 3.14. The summed E-state index contributed by atoms with van der Waals surface area (Å²) >= 11 is 0. The summed E-state index contributed by atoms with van der Waals surface area (Å²) in [5, 5.41) is 4.27. The molecule has 23 heavy (non-hydrogen) atoms. The second kappa shape index (κ2) is 5.35. The van der Waals surface area contributed by atoms with Crippen LogP contribution in [0.25, 0.3) is 22.8 Å². The summed E-state index contributed by atoms with van der Waals surface area (Å²) in [5.41, 5.74) is 5.13. The molecule has 0 amide bonds. The summed E-state index contributed by atoms with van der Waals surface area (Å²) in [4.78, 5) is 9.30. The molecule has 0 fully saturated rings. The first-order valence-corrected chi connectivity index (χ1v) is 7.57. The molecule has 114 valence electrons. The molecule has 0 spiro atoms. The summed E-state index contributed by atoms with van der Waals surface area (Å²) in [6.45, 7) is 2.85. The van der Waals surface area contributed by atoms with Gasteiger partial charge in [-0.1, -0.05) is 30.3 Å². The topological polar surface area (TPSA) is 48.5 Å². The van der Waals surface area contributed by atoms with Crippen LogP contribution in [-0.4, -0.2) is 24.3 Å². The third-order valence-electron chi connectivity index (χ3n) is 4.11. The number of rotatable bonds is 3. The molecule has 0 bridgehead atoms. The van der Waals surface area contributed by atoms with Crippen molar-refractivity contribution in [2.75, 3.05) is 0 Å². The van der Waals surface area contributed by atoms with Crippen molar-refractivity contribution >= 4 is 0 Å². The number of aryl methyl sites for hydroxylation is 1. The van der Waals surface area contributed by atoms with Crippen molar-refractivity contribution in [2.24, 2.45) is 7.05 Å². The standard InChI is InChI=1S/C18H17N5/c1-13-15(10-19-22(13)2)18-20-16-8-9-23(12-17(16)21-18)11-14-6-4-3-5-7-14/h3-10,12H,11H2,1-2H3. The molecule has 5 nitrogen and oxygen atoms in total. The van der Waals surface area contributed by atoms with Crippen LogP contribution in [0.1, 0.15) is 11.3 Å². The third-order valence-corrected chi connectivity index (χ3v) is 4.11. The van der Waals surface area contributed by atoms with Crippen molar-refractivity contribution in [2.45, 2.75) is 13.5 Å². The van der Waals surface area contributed by atoms with Crippen molar-refractivity contribution in [3.05, 3.63) is 66.2 Å². The highest BCUT2D eigenvalue weighted by atomic mass is 15.3. The minimum Gasteiger partial charge on any atom is -0.348 e. The van der Waals surface area contributed by atoms with Crippen LogP contribution in [0.4, 0.5) is 0 Å². The predicted molar refractivity (Wildman–Crippen MR) is 89.1 cm³/mol. The van der Waals surface area contributed by atoms with Crippen LogP contribution in [0, 0.1) is 6.92 Å². The Morgan fingerprint density at radius 2 is 1.78 bits per heavy atom. The van der Waals surface area contributed by atoms with Gasteiger partial charge in [0.1, 0.15) is 5.69 Å². The molecule has 0 aliphatic carbocycles. The van der Waals surface area contributed by atoms with Gasteiger partial charge >= 0.3 is 0 Å². The largest absolute Gasteiger partial charge is 0.348 e. The number of benzene rings is 1. The van der Waals surface area contributed by atoms with Crippen LogP contribution in [0.2, 0.25) is 0 Å². The van der Waals surface area contributed by atoms with Crippen LogP contribution in [0.3, 0.4) is 0 Å². The molecular formula is C18H17N5. The molecule has 0 N–H and O–H groups in total. The van der Waals surface area contributed by atoms with Gasteiger partial charge in [-0.25, -0.2) is 9.97 Å². The molecule has 0 atom stereocenters. The third kappa shape index (κ3) is 2.50. The highest BCUT2D eigenvalue weighted by Gasteiger charge is 2.16. The van der Waals surface area contributed by atoms with Crippen LogP contribution in [0.15, 0.2) is 55.0 Å². The molecule has 5 heteroatoms. The van der Waals surface area contributed by atoms with Gasteiger partial charge < -0.3 is 4.57 Å². The number of nitrogens with zero attached hydrogens (tertiary/aromatic N) is 5. The molecule has 3 heterocycles. The first kappa shape index (κ1) is 13.7. The van der Waals surface area contributed by atoms with Crippen molar-refractivity contribution < 1.29 is 0 Å². The lowest BCUT2D eigenvalue weighted by atomic mass is 10.2. The van der Waals surface area contributed by atoms with E-state index in [0.717, 1.165) is 35.0 Å². The van der Waals surface area contributed by atoms with E-state index in [9.17, 15) is 0 Å². The van der Waals surface area contributed by atoms with Gasteiger partial charge in [0.2, 0.25) is 0 Å². The molecule has 2 aliphatic heterocycles. The van der Waals surface area contributed by atoms with E-state index in [0.29, 0.717) is 0 Å². The molecule has 4 rings (SSSR count). The summed E-state index contributed by atoms with van der Waals surface area (Å²) in [6, 6.07) is 12.4. The van der Waals surface area contributed by atoms with Crippen molar-refractivity contribution in [1.29, 1.82) is 0 Å². The Bertz CT molecular complexity index is 920. The van der Waals surface area contributed by atoms with Crippen LogP contribution in [-0.2, 0) is 13.6 Å². The monoisotopic (exact) mass is 303 g/mol. The van der Waals surface area contributed by atoms with E-state index in [-0.39, 0.29) is 0 Å². The van der Waals surface area contributed by atoms with Gasteiger partial charge in [-0.2, -0.15) is 5.10 Å². The Labute approximate surface area is 134 Å². The average molecular weight is 303 g/mol. The van der Waals surface area contributed by atoms with Gasteiger partial charge in [-0.05, 0) is 18.6 Å². The highest BCUT2D eigenvalue weighted by Crippen LogP contribution is 2.26. The number of pyridine rings is 1. The maximum absolute atomic E-state index is 4.67. The number of imidazole rings is 1. The smallest absolute Gasteiger partial charge is 0.164 e. The summed E-state index contributed by atoms with van der Waals surface area (Å²) in [5.74, 6) is 0.739. The van der Waals surface area contributed by atoms with E-state index in [1.807, 2.05) is 49.4 Å². The SMILES string of the molecule is Cc1c(-c2nc3ccn(Cc4ccccc4)cc-3n2)cnn1C. The van der Waals surface area contributed by atoms with Crippen molar-refractivity contribution in [3.8, 4) is 22.8 Å². The summed E-state index contributed by atoms with van der Waals surface area (Å²) < 4.78 is 3.97. The molecule has 1 aromatic heterocycles. The normalized spacial score (nSPS) is 11.2. The van der Waals surface area contributed by atoms with E-state index in [4.69, 9.17) is 0 Å². The van der Waals surface area contributed by atoms with Crippen molar-refractivity contribution in [3.63, 3.8) is 0 Å². The minimum absolute atomic E-state index is 0.739. The highest BCUT2D eigenvalue weighted by molar-refractivity contribution is 5.66. The maximum Gasteiger partial charge on any atom is 0.164 e. The van der Waals surface area contributed by atoms with Gasteiger partial charge in [0.05, 0.1) is 17.5 Å². The molecule has 0 radical (unpaired) electrons. The van der Waals surface area contributed by atoms with Gasteiger partial charge in [-0.15, -0.1) is 0 Å². The molecule has 0 saturated heterocycles. The zero-order valence-electron chi connectivity index (χ0n) is 13.1. The molecular weight excluding hydrogens is 286 g/mol. The lowest BCUT2D eigenvalue weighted by Crippen LogP contribution is -2.00. The molecule has 0 saturated carbocycles. The van der Waals surface area contributed by atoms with Crippen LogP contribution < -0.4 is 0 Å². The van der Waals surface area contributed by atoms with Crippen LogP contribution >= 0.6 is 0 Å². The Hall–Kier alpha value is -2.95. The molecule has 2 aromatic rings. The lowest BCUT2D eigenvalue weighted by Gasteiger charge is -2.07. The minimum atomic E-state index is 0.739. The van der Waals surface area contributed by atoms with Crippen LogP contribution in [0.5, 0.6) is 0 Å². The quantitative estimate of drug-likeness (QED) is 0.584. The number of hydrogen-bond donors (Lipinski definition) is 0. The molecule has 1 aromatic carbocycles. The van der Waals surface area contributed by atoms with Gasteiger partial charge in [0.25, 0.3) is 0 Å². The van der Waals surface area contributed by atoms with Gasteiger partial charge in [0.15, 0.2) is 5.82 Å². The Morgan fingerprint density at radius 1 is 1.00 bits per heavy atom. The maximum atomic E-state index is 4.67. The summed E-state index contributed by atoms with van der Waals surface area (Å²) in [7, 11) is 1.93.